The molecule has 2 heterocycles. The van der Waals surface area contributed by atoms with E-state index in [1.807, 2.05) is 0 Å². The summed E-state index contributed by atoms with van der Waals surface area (Å²) in [7, 11) is 0. The van der Waals surface area contributed by atoms with E-state index in [9.17, 15) is 18.0 Å². The first-order valence-electron chi connectivity index (χ1n) is 7.28. The van der Waals surface area contributed by atoms with E-state index in [-0.39, 0.29) is 27.5 Å². The predicted octanol–water partition coefficient (Wildman–Crippen LogP) is 5.37. The molecule has 0 bridgehead atoms. The second-order valence-corrected chi connectivity index (χ2v) is 6.65. The highest BCUT2D eigenvalue weighted by Gasteiger charge is 2.31. The van der Waals surface area contributed by atoms with Gasteiger partial charge in [0.25, 0.3) is 5.56 Å². The third kappa shape index (κ3) is 2.81. The SMILES string of the molecule is O=c1c2c(Oc3ccc(C(F)(F)F)cc3Cl)cccc2nc2sccn12. The smallest absolute Gasteiger partial charge is 0.416 e. The third-order valence-corrected chi connectivity index (χ3v) is 4.77. The Bertz CT molecular complexity index is 1200. The Morgan fingerprint density at radius 1 is 1.15 bits per heavy atom. The Hall–Kier alpha value is -2.58. The van der Waals surface area contributed by atoms with Gasteiger partial charge in [-0.2, -0.15) is 13.2 Å². The largest absolute Gasteiger partial charge is 0.455 e. The highest BCUT2D eigenvalue weighted by atomic mass is 35.5. The topological polar surface area (TPSA) is 43.6 Å². The molecule has 0 radical (unpaired) electrons. The van der Waals surface area contributed by atoms with Crippen molar-refractivity contribution in [3.8, 4) is 11.5 Å². The normalized spacial score (nSPS) is 12.0. The zero-order chi connectivity index (χ0) is 18.5. The number of halogens is 4. The molecule has 2 aromatic carbocycles. The second-order valence-electron chi connectivity index (χ2n) is 5.37. The Labute approximate surface area is 153 Å². The number of hydrogen-bond acceptors (Lipinski definition) is 4. The van der Waals surface area contributed by atoms with E-state index in [1.165, 1.54) is 21.8 Å². The molecule has 0 saturated heterocycles. The number of ether oxygens (including phenoxy) is 1. The van der Waals surface area contributed by atoms with Crippen LogP contribution in [0.5, 0.6) is 11.5 Å². The van der Waals surface area contributed by atoms with Crippen LogP contribution in [0, 0.1) is 0 Å². The third-order valence-electron chi connectivity index (χ3n) is 3.72. The van der Waals surface area contributed by atoms with E-state index in [1.54, 1.807) is 23.7 Å². The molecule has 0 fully saturated rings. The highest BCUT2D eigenvalue weighted by Crippen LogP contribution is 2.37. The maximum atomic E-state index is 12.8. The summed E-state index contributed by atoms with van der Waals surface area (Å²) in [5.41, 5.74) is -0.780. The van der Waals surface area contributed by atoms with Gasteiger partial charge in [-0.25, -0.2) is 4.98 Å². The van der Waals surface area contributed by atoms with Gasteiger partial charge in [-0.05, 0) is 30.3 Å². The van der Waals surface area contributed by atoms with Gasteiger partial charge in [0.1, 0.15) is 16.9 Å². The lowest BCUT2D eigenvalue weighted by molar-refractivity contribution is -0.137. The molecule has 0 atom stereocenters. The summed E-state index contributed by atoms with van der Waals surface area (Å²) in [5.74, 6) is 0.184. The first-order valence-corrected chi connectivity index (χ1v) is 8.53. The first-order chi connectivity index (χ1) is 12.3. The number of nitrogens with zero attached hydrogens (tertiary/aromatic N) is 2. The van der Waals surface area contributed by atoms with Gasteiger partial charge in [-0.1, -0.05) is 17.7 Å². The summed E-state index contributed by atoms with van der Waals surface area (Å²) in [6.07, 6.45) is -2.91. The fraction of sp³-hybridized carbons (Fsp3) is 0.0588. The summed E-state index contributed by atoms with van der Waals surface area (Å²) in [6, 6.07) is 7.62. The molecule has 132 valence electrons. The minimum Gasteiger partial charge on any atom is -0.455 e. The van der Waals surface area contributed by atoms with E-state index >= 15 is 0 Å². The van der Waals surface area contributed by atoms with E-state index < -0.39 is 11.7 Å². The predicted molar refractivity (Wildman–Crippen MR) is 93.4 cm³/mol. The van der Waals surface area contributed by atoms with Crippen molar-refractivity contribution in [3.63, 3.8) is 0 Å². The van der Waals surface area contributed by atoms with Gasteiger partial charge in [0.05, 0.1) is 16.1 Å². The standard InChI is InChI=1S/C17H8ClF3N2O2S/c18-10-8-9(17(19,20)21)4-5-12(10)25-13-3-1-2-11-14(13)15(24)23-6-7-26-16(23)22-11/h1-8H. The molecular formula is C17H8ClF3N2O2S. The minimum absolute atomic E-state index is 0.0157. The second kappa shape index (κ2) is 6.00. The van der Waals surface area contributed by atoms with Crippen molar-refractivity contribution < 1.29 is 17.9 Å². The molecule has 2 aromatic heterocycles. The quantitative estimate of drug-likeness (QED) is 0.457. The molecule has 4 rings (SSSR count). The molecular weight excluding hydrogens is 389 g/mol. The van der Waals surface area contributed by atoms with Crippen molar-refractivity contribution in [2.45, 2.75) is 6.18 Å². The number of fused-ring (bicyclic) bond motifs is 2. The van der Waals surface area contributed by atoms with Crippen LogP contribution in [0.3, 0.4) is 0 Å². The van der Waals surface area contributed by atoms with Gasteiger partial charge < -0.3 is 4.74 Å². The molecule has 0 aliphatic rings. The molecule has 0 amide bonds. The summed E-state index contributed by atoms with van der Waals surface area (Å²) < 4.78 is 45.3. The lowest BCUT2D eigenvalue weighted by atomic mass is 10.2. The van der Waals surface area contributed by atoms with Gasteiger partial charge in [0, 0.05) is 11.6 Å². The molecule has 26 heavy (non-hydrogen) atoms. The number of thiazole rings is 1. The van der Waals surface area contributed by atoms with Crippen molar-refractivity contribution in [3.05, 3.63) is 68.9 Å². The summed E-state index contributed by atoms with van der Waals surface area (Å²) in [4.78, 5) is 17.6. The lowest BCUT2D eigenvalue weighted by Crippen LogP contribution is -2.13. The molecule has 0 N–H and O–H groups in total. The van der Waals surface area contributed by atoms with Crippen LogP contribution in [0.1, 0.15) is 5.56 Å². The van der Waals surface area contributed by atoms with Crippen LogP contribution in [-0.4, -0.2) is 9.38 Å². The first kappa shape index (κ1) is 16.9. The molecule has 0 unspecified atom stereocenters. The van der Waals surface area contributed by atoms with Crippen molar-refractivity contribution in [1.29, 1.82) is 0 Å². The van der Waals surface area contributed by atoms with Gasteiger partial charge in [-0.3, -0.25) is 9.20 Å². The number of aromatic nitrogens is 2. The number of rotatable bonds is 2. The molecule has 4 nitrogen and oxygen atoms in total. The Kier molecular flexibility index (Phi) is 3.89. The van der Waals surface area contributed by atoms with Crippen LogP contribution in [0.15, 0.2) is 52.8 Å². The molecule has 4 aromatic rings. The summed E-state index contributed by atoms with van der Waals surface area (Å²) in [5, 5.41) is 1.75. The molecule has 0 aliphatic carbocycles. The molecule has 0 spiro atoms. The number of alkyl halides is 3. The zero-order valence-corrected chi connectivity index (χ0v) is 14.3. The van der Waals surface area contributed by atoms with E-state index in [0.717, 1.165) is 18.2 Å². The van der Waals surface area contributed by atoms with Crippen LogP contribution < -0.4 is 10.3 Å². The monoisotopic (exact) mass is 396 g/mol. The van der Waals surface area contributed by atoms with Crippen LogP contribution in [0.2, 0.25) is 5.02 Å². The van der Waals surface area contributed by atoms with Crippen molar-refractivity contribution in [2.75, 3.05) is 0 Å². The Balaban J connectivity index is 1.84. The van der Waals surface area contributed by atoms with Gasteiger partial charge >= 0.3 is 6.18 Å². The molecule has 0 aliphatic heterocycles. The van der Waals surface area contributed by atoms with Crippen molar-refractivity contribution in [1.82, 2.24) is 9.38 Å². The Morgan fingerprint density at radius 3 is 2.69 bits per heavy atom. The maximum Gasteiger partial charge on any atom is 0.416 e. The van der Waals surface area contributed by atoms with Gasteiger partial charge in [-0.15, -0.1) is 11.3 Å². The van der Waals surface area contributed by atoms with Crippen molar-refractivity contribution in [2.24, 2.45) is 0 Å². The van der Waals surface area contributed by atoms with Crippen LogP contribution >= 0.6 is 22.9 Å². The minimum atomic E-state index is -4.51. The van der Waals surface area contributed by atoms with E-state index in [2.05, 4.69) is 4.98 Å². The van der Waals surface area contributed by atoms with Gasteiger partial charge in [0.15, 0.2) is 4.96 Å². The highest BCUT2D eigenvalue weighted by molar-refractivity contribution is 7.15. The molecule has 0 saturated carbocycles. The maximum absolute atomic E-state index is 12.8. The zero-order valence-electron chi connectivity index (χ0n) is 12.7. The fourth-order valence-electron chi connectivity index (χ4n) is 2.52. The lowest BCUT2D eigenvalue weighted by Gasteiger charge is -2.12. The number of hydrogen-bond donors (Lipinski definition) is 0. The average molecular weight is 397 g/mol. The number of benzene rings is 2. The fourth-order valence-corrected chi connectivity index (χ4v) is 3.45. The van der Waals surface area contributed by atoms with Crippen LogP contribution in [-0.2, 0) is 6.18 Å². The van der Waals surface area contributed by atoms with Crippen molar-refractivity contribution >= 4 is 38.8 Å². The average Bonchev–Trinajstić information content (AvgIpc) is 3.04. The van der Waals surface area contributed by atoms with E-state index in [0.29, 0.717) is 10.5 Å². The molecule has 9 heteroatoms. The summed E-state index contributed by atoms with van der Waals surface area (Å²) in [6.45, 7) is 0. The van der Waals surface area contributed by atoms with E-state index in [4.69, 9.17) is 16.3 Å². The van der Waals surface area contributed by atoms with Crippen LogP contribution in [0.25, 0.3) is 15.9 Å². The Morgan fingerprint density at radius 2 is 1.96 bits per heavy atom. The summed E-state index contributed by atoms with van der Waals surface area (Å²) >= 11 is 7.25. The van der Waals surface area contributed by atoms with Crippen LogP contribution in [0.4, 0.5) is 13.2 Å². The van der Waals surface area contributed by atoms with Gasteiger partial charge in [0.2, 0.25) is 0 Å².